The van der Waals surface area contributed by atoms with Gasteiger partial charge in [0.1, 0.15) is 0 Å². The van der Waals surface area contributed by atoms with Crippen LogP contribution in [0.4, 0.5) is 0 Å². The fraction of sp³-hybridized carbons (Fsp3) is 0.733. The third-order valence-electron chi connectivity index (χ3n) is 4.71. The highest BCUT2D eigenvalue weighted by Crippen LogP contribution is 2.45. The summed E-state index contributed by atoms with van der Waals surface area (Å²) >= 11 is 0. The van der Waals surface area contributed by atoms with Crippen LogP contribution in [0.25, 0.3) is 0 Å². The van der Waals surface area contributed by atoms with Crippen molar-refractivity contribution in [1.29, 1.82) is 0 Å². The summed E-state index contributed by atoms with van der Waals surface area (Å²) in [6.45, 7) is 1.61. The van der Waals surface area contributed by atoms with Crippen molar-refractivity contribution >= 4 is 5.91 Å². The van der Waals surface area contributed by atoms with Gasteiger partial charge in [-0.1, -0.05) is 0 Å². The minimum atomic E-state index is -0.449. The molecule has 2 N–H and O–H groups in total. The topological polar surface area (TPSA) is 69.2 Å². The molecule has 1 saturated carbocycles. The number of piperidine rings is 1. The molecule has 0 bridgehead atoms. The number of H-pyrrole nitrogens is 1. The maximum absolute atomic E-state index is 12.2. The Morgan fingerprint density at radius 1 is 1.55 bits per heavy atom. The van der Waals surface area contributed by atoms with E-state index in [1.807, 2.05) is 17.3 Å². The van der Waals surface area contributed by atoms with Crippen molar-refractivity contribution < 1.29 is 9.90 Å². The number of aliphatic hydroxyl groups is 1. The first-order chi connectivity index (χ1) is 9.67. The summed E-state index contributed by atoms with van der Waals surface area (Å²) < 4.78 is 0. The Morgan fingerprint density at radius 3 is 3.10 bits per heavy atom. The molecule has 1 saturated heterocycles. The predicted octanol–water partition coefficient (Wildman–Crippen LogP) is 1.50. The Bertz CT molecular complexity index is 454. The Kier molecular flexibility index (Phi) is 3.78. The molecule has 5 heteroatoms. The lowest BCUT2D eigenvalue weighted by Gasteiger charge is -2.35. The smallest absolute Gasteiger partial charge is 0.222 e. The molecule has 110 valence electrons. The number of amides is 1. The molecule has 0 aromatic carbocycles. The summed E-state index contributed by atoms with van der Waals surface area (Å²) in [5.41, 5.74) is 0.706. The molecular formula is C15H23N3O2. The lowest BCUT2D eigenvalue weighted by atomic mass is 9.90. The number of aromatic amines is 1. The van der Waals surface area contributed by atoms with E-state index >= 15 is 0 Å². The van der Waals surface area contributed by atoms with E-state index in [2.05, 4.69) is 10.2 Å². The fourth-order valence-corrected chi connectivity index (χ4v) is 3.19. The molecule has 1 aliphatic carbocycles. The number of nitrogens with one attached hydrogen (secondary N) is 1. The van der Waals surface area contributed by atoms with Crippen LogP contribution in [0.15, 0.2) is 12.4 Å². The summed E-state index contributed by atoms with van der Waals surface area (Å²) in [5, 5.41) is 16.9. The highest BCUT2D eigenvalue weighted by molar-refractivity contribution is 5.76. The van der Waals surface area contributed by atoms with Gasteiger partial charge in [0.2, 0.25) is 5.91 Å². The van der Waals surface area contributed by atoms with Crippen LogP contribution in [-0.4, -0.2) is 44.8 Å². The highest BCUT2D eigenvalue weighted by Gasteiger charge is 2.48. The highest BCUT2D eigenvalue weighted by atomic mass is 16.3. The molecule has 2 aliphatic rings. The zero-order valence-corrected chi connectivity index (χ0v) is 11.8. The number of hydrogen-bond acceptors (Lipinski definition) is 3. The number of aryl methyl sites for hydroxylation is 1. The van der Waals surface area contributed by atoms with Crippen LogP contribution in [0.3, 0.4) is 0 Å². The summed E-state index contributed by atoms with van der Waals surface area (Å²) in [6.07, 6.45) is 9.97. The van der Waals surface area contributed by atoms with E-state index in [1.165, 1.54) is 0 Å². The zero-order chi connectivity index (χ0) is 14.0. The van der Waals surface area contributed by atoms with Crippen LogP contribution in [0.1, 0.15) is 44.1 Å². The Labute approximate surface area is 119 Å². The molecular weight excluding hydrogens is 254 g/mol. The number of rotatable bonds is 5. The van der Waals surface area contributed by atoms with E-state index < -0.39 is 5.60 Å². The maximum atomic E-state index is 12.2. The van der Waals surface area contributed by atoms with Gasteiger partial charge < -0.3 is 10.0 Å². The summed E-state index contributed by atoms with van der Waals surface area (Å²) in [6, 6.07) is 0. The normalized spacial score (nSPS) is 24.6. The molecule has 2 heterocycles. The largest absolute Gasteiger partial charge is 0.390 e. The van der Waals surface area contributed by atoms with Gasteiger partial charge in [0.05, 0.1) is 11.8 Å². The molecule has 3 rings (SSSR count). The molecule has 1 atom stereocenters. The molecule has 20 heavy (non-hydrogen) atoms. The monoisotopic (exact) mass is 277 g/mol. The zero-order valence-electron chi connectivity index (χ0n) is 11.8. The van der Waals surface area contributed by atoms with E-state index in [9.17, 15) is 9.90 Å². The summed E-state index contributed by atoms with van der Waals surface area (Å²) in [4.78, 5) is 14.2. The predicted molar refractivity (Wildman–Crippen MR) is 75.0 cm³/mol. The van der Waals surface area contributed by atoms with E-state index in [0.717, 1.165) is 57.2 Å². The first kappa shape index (κ1) is 13.6. The van der Waals surface area contributed by atoms with Gasteiger partial charge in [-0.2, -0.15) is 5.10 Å². The second-order valence-electron chi connectivity index (χ2n) is 6.24. The van der Waals surface area contributed by atoms with Gasteiger partial charge in [0, 0.05) is 31.6 Å². The van der Waals surface area contributed by atoms with Crippen molar-refractivity contribution in [2.75, 3.05) is 13.1 Å². The SMILES string of the molecule is O=C(CCCc1cn[nH]c1)N1CCCC(C2(O)CC2)C1. The molecule has 0 radical (unpaired) electrons. The number of hydrogen-bond donors (Lipinski definition) is 2. The van der Waals surface area contributed by atoms with Crippen molar-refractivity contribution in [3.8, 4) is 0 Å². The van der Waals surface area contributed by atoms with Gasteiger partial charge >= 0.3 is 0 Å². The Balaban J connectivity index is 1.44. The van der Waals surface area contributed by atoms with Gasteiger partial charge in [-0.05, 0) is 44.1 Å². The van der Waals surface area contributed by atoms with Crippen LogP contribution in [0, 0.1) is 5.92 Å². The second-order valence-corrected chi connectivity index (χ2v) is 6.24. The van der Waals surface area contributed by atoms with Crippen LogP contribution in [0.2, 0.25) is 0 Å². The van der Waals surface area contributed by atoms with Crippen LogP contribution < -0.4 is 0 Å². The summed E-state index contributed by atoms with van der Waals surface area (Å²) in [5.74, 6) is 0.538. The van der Waals surface area contributed by atoms with E-state index in [-0.39, 0.29) is 5.91 Å². The van der Waals surface area contributed by atoms with Gasteiger partial charge in [-0.25, -0.2) is 0 Å². The van der Waals surface area contributed by atoms with Gasteiger partial charge in [0.15, 0.2) is 0 Å². The molecule has 5 nitrogen and oxygen atoms in total. The number of aromatic nitrogens is 2. The minimum Gasteiger partial charge on any atom is -0.390 e. The fourth-order valence-electron chi connectivity index (χ4n) is 3.19. The molecule has 0 spiro atoms. The van der Waals surface area contributed by atoms with E-state index in [0.29, 0.717) is 12.3 Å². The van der Waals surface area contributed by atoms with E-state index in [1.54, 1.807) is 0 Å². The average Bonchev–Trinajstić information content (AvgIpc) is 3.01. The molecule has 1 aromatic heterocycles. The van der Waals surface area contributed by atoms with Crippen LogP contribution in [-0.2, 0) is 11.2 Å². The van der Waals surface area contributed by atoms with Crippen molar-refractivity contribution in [3.63, 3.8) is 0 Å². The Morgan fingerprint density at radius 2 is 2.40 bits per heavy atom. The Hall–Kier alpha value is -1.36. The average molecular weight is 277 g/mol. The van der Waals surface area contributed by atoms with Crippen LogP contribution in [0.5, 0.6) is 0 Å². The van der Waals surface area contributed by atoms with Gasteiger partial charge in [-0.15, -0.1) is 0 Å². The third-order valence-corrected chi connectivity index (χ3v) is 4.71. The molecule has 1 unspecified atom stereocenters. The lowest BCUT2D eigenvalue weighted by molar-refractivity contribution is -0.134. The molecule has 1 aromatic rings. The first-order valence-corrected chi connectivity index (χ1v) is 7.65. The number of carbonyl (C=O) groups excluding carboxylic acids is 1. The molecule has 2 fully saturated rings. The van der Waals surface area contributed by atoms with Crippen LogP contribution >= 0.6 is 0 Å². The third kappa shape index (κ3) is 3.03. The molecule has 1 aliphatic heterocycles. The maximum Gasteiger partial charge on any atom is 0.222 e. The first-order valence-electron chi connectivity index (χ1n) is 7.65. The molecule has 1 amide bonds. The number of carbonyl (C=O) groups is 1. The van der Waals surface area contributed by atoms with Crippen molar-refractivity contribution in [2.45, 2.75) is 50.5 Å². The standard InChI is InChI=1S/C15H23N3O2/c19-14(5-1-3-12-9-16-17-10-12)18-8-2-4-13(11-18)15(20)6-7-15/h9-10,13,20H,1-8,11H2,(H,16,17). The van der Waals surface area contributed by atoms with E-state index in [4.69, 9.17) is 0 Å². The van der Waals surface area contributed by atoms with Crippen molar-refractivity contribution in [2.24, 2.45) is 5.92 Å². The van der Waals surface area contributed by atoms with Crippen molar-refractivity contribution in [3.05, 3.63) is 18.0 Å². The number of nitrogens with zero attached hydrogens (tertiary/aromatic N) is 2. The van der Waals surface area contributed by atoms with Gasteiger partial charge in [0.25, 0.3) is 0 Å². The minimum absolute atomic E-state index is 0.238. The number of likely N-dealkylation sites (tertiary alicyclic amines) is 1. The second kappa shape index (κ2) is 5.56. The lowest BCUT2D eigenvalue weighted by Crippen LogP contribution is -2.44. The summed E-state index contributed by atoms with van der Waals surface area (Å²) in [7, 11) is 0. The van der Waals surface area contributed by atoms with Gasteiger partial charge in [-0.3, -0.25) is 9.89 Å². The van der Waals surface area contributed by atoms with Crippen molar-refractivity contribution in [1.82, 2.24) is 15.1 Å². The quantitative estimate of drug-likeness (QED) is 0.857.